The Balaban J connectivity index is 2.06. The summed E-state index contributed by atoms with van der Waals surface area (Å²) in [5.74, 6) is 0.462. The van der Waals surface area contributed by atoms with E-state index in [1.165, 1.54) is 11.8 Å². The van der Waals surface area contributed by atoms with Gasteiger partial charge in [0, 0.05) is 28.5 Å². The Labute approximate surface area is 128 Å². The Morgan fingerprint density at radius 3 is 2.85 bits per heavy atom. The molecule has 108 valence electrons. The SMILES string of the molecule is CC(C)CNCc1cccn1Cc1cc(Br)ccc1F. The lowest BCUT2D eigenvalue weighted by Gasteiger charge is -2.12. The number of benzene rings is 1. The van der Waals surface area contributed by atoms with Gasteiger partial charge in [-0.15, -0.1) is 0 Å². The lowest BCUT2D eigenvalue weighted by Crippen LogP contribution is -2.21. The molecule has 2 aromatic rings. The first kappa shape index (κ1) is 15.3. The minimum Gasteiger partial charge on any atom is -0.346 e. The second-order valence-corrected chi connectivity index (χ2v) is 6.30. The van der Waals surface area contributed by atoms with Crippen molar-refractivity contribution in [3.63, 3.8) is 0 Å². The van der Waals surface area contributed by atoms with Gasteiger partial charge in [-0.2, -0.15) is 0 Å². The molecule has 0 amide bonds. The molecule has 0 radical (unpaired) electrons. The van der Waals surface area contributed by atoms with Crippen molar-refractivity contribution in [1.29, 1.82) is 0 Å². The van der Waals surface area contributed by atoms with Crippen LogP contribution in [-0.4, -0.2) is 11.1 Å². The first-order valence-corrected chi connectivity index (χ1v) is 7.64. The average Bonchev–Trinajstić information content (AvgIpc) is 2.81. The van der Waals surface area contributed by atoms with Gasteiger partial charge in [-0.25, -0.2) is 4.39 Å². The second kappa shape index (κ2) is 7.04. The molecule has 1 aromatic heterocycles. The maximum absolute atomic E-state index is 13.8. The Kier molecular flexibility index (Phi) is 5.38. The molecule has 0 bridgehead atoms. The van der Waals surface area contributed by atoms with Crippen molar-refractivity contribution < 1.29 is 4.39 Å². The van der Waals surface area contributed by atoms with Crippen LogP contribution < -0.4 is 5.32 Å². The summed E-state index contributed by atoms with van der Waals surface area (Å²) in [6.45, 7) is 6.71. The zero-order valence-electron chi connectivity index (χ0n) is 11.9. The maximum atomic E-state index is 13.8. The van der Waals surface area contributed by atoms with Crippen molar-refractivity contribution in [3.8, 4) is 0 Å². The summed E-state index contributed by atoms with van der Waals surface area (Å²) in [4.78, 5) is 0. The van der Waals surface area contributed by atoms with Crippen LogP contribution in [0.4, 0.5) is 4.39 Å². The number of nitrogens with zero attached hydrogens (tertiary/aromatic N) is 1. The largest absolute Gasteiger partial charge is 0.346 e. The number of rotatable bonds is 6. The molecule has 0 aliphatic heterocycles. The minimum absolute atomic E-state index is 0.164. The van der Waals surface area contributed by atoms with Gasteiger partial charge < -0.3 is 9.88 Å². The lowest BCUT2D eigenvalue weighted by atomic mass is 10.2. The van der Waals surface area contributed by atoms with Crippen LogP contribution in [-0.2, 0) is 13.1 Å². The summed E-state index contributed by atoms with van der Waals surface area (Å²) in [5.41, 5.74) is 1.87. The normalized spacial score (nSPS) is 11.2. The fourth-order valence-electron chi connectivity index (χ4n) is 2.10. The van der Waals surface area contributed by atoms with E-state index < -0.39 is 0 Å². The molecule has 0 aliphatic carbocycles. The fourth-order valence-corrected chi connectivity index (χ4v) is 2.51. The Hall–Kier alpha value is -1.13. The van der Waals surface area contributed by atoms with E-state index in [-0.39, 0.29) is 5.82 Å². The van der Waals surface area contributed by atoms with Crippen LogP contribution in [0.25, 0.3) is 0 Å². The highest BCUT2D eigenvalue weighted by Gasteiger charge is 2.07. The van der Waals surface area contributed by atoms with E-state index in [1.54, 1.807) is 6.07 Å². The molecular weight excluding hydrogens is 319 g/mol. The molecule has 0 atom stereocenters. The molecule has 1 N–H and O–H groups in total. The fraction of sp³-hybridized carbons (Fsp3) is 0.375. The third kappa shape index (κ3) is 4.18. The van der Waals surface area contributed by atoms with Gasteiger partial charge in [-0.1, -0.05) is 29.8 Å². The molecule has 1 aromatic carbocycles. The molecular formula is C16H20BrFN2. The Bertz CT molecular complexity index is 563. The van der Waals surface area contributed by atoms with E-state index in [9.17, 15) is 4.39 Å². The van der Waals surface area contributed by atoms with Crippen LogP contribution in [0.1, 0.15) is 25.1 Å². The van der Waals surface area contributed by atoms with Crippen LogP contribution in [0.3, 0.4) is 0 Å². The molecule has 0 saturated heterocycles. The topological polar surface area (TPSA) is 17.0 Å². The van der Waals surface area contributed by atoms with Crippen LogP contribution in [0, 0.1) is 11.7 Å². The van der Waals surface area contributed by atoms with Gasteiger partial charge in [0.1, 0.15) is 5.82 Å². The molecule has 2 nitrogen and oxygen atoms in total. The number of aromatic nitrogens is 1. The smallest absolute Gasteiger partial charge is 0.128 e. The molecule has 4 heteroatoms. The highest BCUT2D eigenvalue weighted by molar-refractivity contribution is 9.10. The monoisotopic (exact) mass is 338 g/mol. The molecule has 1 heterocycles. The number of hydrogen-bond acceptors (Lipinski definition) is 1. The van der Waals surface area contributed by atoms with Crippen molar-refractivity contribution >= 4 is 15.9 Å². The number of nitrogens with one attached hydrogen (secondary N) is 1. The average molecular weight is 339 g/mol. The van der Waals surface area contributed by atoms with E-state index in [4.69, 9.17) is 0 Å². The van der Waals surface area contributed by atoms with Gasteiger partial charge in [-0.3, -0.25) is 0 Å². The predicted molar refractivity (Wildman–Crippen MR) is 84.2 cm³/mol. The van der Waals surface area contributed by atoms with Crippen molar-refractivity contribution in [3.05, 3.63) is 58.1 Å². The highest BCUT2D eigenvalue weighted by atomic mass is 79.9. The maximum Gasteiger partial charge on any atom is 0.128 e. The summed E-state index contributed by atoms with van der Waals surface area (Å²) < 4.78 is 16.8. The second-order valence-electron chi connectivity index (χ2n) is 5.39. The summed E-state index contributed by atoms with van der Waals surface area (Å²) in [6.07, 6.45) is 1.99. The zero-order chi connectivity index (χ0) is 14.5. The summed E-state index contributed by atoms with van der Waals surface area (Å²) >= 11 is 3.39. The molecule has 20 heavy (non-hydrogen) atoms. The van der Waals surface area contributed by atoms with Crippen molar-refractivity contribution in [2.75, 3.05) is 6.54 Å². The van der Waals surface area contributed by atoms with E-state index in [0.29, 0.717) is 18.0 Å². The van der Waals surface area contributed by atoms with Gasteiger partial charge in [0.05, 0.1) is 6.54 Å². The highest BCUT2D eigenvalue weighted by Crippen LogP contribution is 2.17. The molecule has 0 unspecified atom stereocenters. The number of halogens is 2. The third-order valence-electron chi connectivity index (χ3n) is 3.13. The molecule has 0 spiro atoms. The quantitative estimate of drug-likeness (QED) is 0.835. The van der Waals surface area contributed by atoms with Crippen LogP contribution >= 0.6 is 15.9 Å². The third-order valence-corrected chi connectivity index (χ3v) is 3.62. The van der Waals surface area contributed by atoms with Crippen LogP contribution in [0.15, 0.2) is 41.0 Å². The van der Waals surface area contributed by atoms with Crippen LogP contribution in [0.5, 0.6) is 0 Å². The van der Waals surface area contributed by atoms with Crippen LogP contribution in [0.2, 0.25) is 0 Å². The summed E-state index contributed by atoms with van der Waals surface area (Å²) in [7, 11) is 0. The Morgan fingerprint density at radius 1 is 1.30 bits per heavy atom. The number of hydrogen-bond donors (Lipinski definition) is 1. The Morgan fingerprint density at radius 2 is 2.10 bits per heavy atom. The van der Waals surface area contributed by atoms with Gasteiger partial charge in [0.2, 0.25) is 0 Å². The molecule has 2 rings (SSSR count). The zero-order valence-corrected chi connectivity index (χ0v) is 13.5. The summed E-state index contributed by atoms with van der Waals surface area (Å²) in [6, 6.07) is 9.13. The minimum atomic E-state index is -0.164. The standard InChI is InChI=1S/C16H20BrFN2/c1-12(2)9-19-10-15-4-3-7-20(15)11-13-8-14(17)5-6-16(13)18/h3-8,12,19H,9-11H2,1-2H3. The summed E-state index contributed by atoms with van der Waals surface area (Å²) in [5, 5.41) is 3.42. The van der Waals surface area contributed by atoms with E-state index in [1.807, 2.05) is 18.3 Å². The molecule has 0 fully saturated rings. The van der Waals surface area contributed by atoms with E-state index in [2.05, 4.69) is 45.7 Å². The van der Waals surface area contributed by atoms with E-state index in [0.717, 1.165) is 17.6 Å². The first-order valence-electron chi connectivity index (χ1n) is 6.85. The van der Waals surface area contributed by atoms with Gasteiger partial charge in [-0.05, 0) is 42.8 Å². The van der Waals surface area contributed by atoms with Crippen molar-refractivity contribution in [1.82, 2.24) is 9.88 Å². The van der Waals surface area contributed by atoms with Crippen molar-refractivity contribution in [2.45, 2.75) is 26.9 Å². The van der Waals surface area contributed by atoms with Gasteiger partial charge in [0.15, 0.2) is 0 Å². The van der Waals surface area contributed by atoms with Gasteiger partial charge >= 0.3 is 0 Å². The van der Waals surface area contributed by atoms with Gasteiger partial charge in [0.25, 0.3) is 0 Å². The molecule has 0 aliphatic rings. The predicted octanol–water partition coefficient (Wildman–Crippen LogP) is 4.18. The lowest BCUT2D eigenvalue weighted by molar-refractivity contribution is 0.536. The molecule has 0 saturated carbocycles. The van der Waals surface area contributed by atoms with E-state index >= 15 is 0 Å². The van der Waals surface area contributed by atoms with Crippen molar-refractivity contribution in [2.24, 2.45) is 5.92 Å². The first-order chi connectivity index (χ1) is 9.56.